The van der Waals surface area contributed by atoms with Crippen LogP contribution in [0.5, 0.6) is 0 Å². The van der Waals surface area contributed by atoms with Crippen LogP contribution in [0.25, 0.3) is 0 Å². The van der Waals surface area contributed by atoms with Crippen LogP contribution in [0, 0.1) is 6.92 Å². The minimum absolute atomic E-state index is 0.517. The van der Waals surface area contributed by atoms with E-state index in [4.69, 9.17) is 11.6 Å². The molecule has 1 unspecified atom stereocenters. The highest BCUT2D eigenvalue weighted by atomic mass is 35.5. The standard InChI is InChI=1S/C12H18ClN3S/c1-4-10-14-11(13)9(3)12(15-10)16-5-6-17-7-8(16)2/h8H,4-7H2,1-3H3. The second-order valence-corrected chi connectivity index (χ2v) is 5.86. The van der Waals surface area contributed by atoms with Crippen molar-refractivity contribution < 1.29 is 0 Å². The second-order valence-electron chi connectivity index (χ2n) is 4.35. The Balaban J connectivity index is 2.38. The molecule has 1 aliphatic rings. The molecule has 1 aromatic rings. The minimum Gasteiger partial charge on any atom is -0.352 e. The van der Waals surface area contributed by atoms with Gasteiger partial charge in [-0.3, -0.25) is 0 Å². The van der Waals surface area contributed by atoms with Crippen molar-refractivity contribution in [2.75, 3.05) is 23.0 Å². The zero-order chi connectivity index (χ0) is 12.4. The summed E-state index contributed by atoms with van der Waals surface area (Å²) in [5.74, 6) is 4.17. The van der Waals surface area contributed by atoms with E-state index >= 15 is 0 Å². The maximum atomic E-state index is 6.18. The third kappa shape index (κ3) is 2.68. The molecule has 2 heterocycles. The van der Waals surface area contributed by atoms with E-state index in [0.29, 0.717) is 11.2 Å². The number of halogens is 1. The van der Waals surface area contributed by atoms with E-state index in [0.717, 1.165) is 41.7 Å². The highest BCUT2D eigenvalue weighted by molar-refractivity contribution is 7.99. The molecular formula is C12H18ClN3S. The van der Waals surface area contributed by atoms with Gasteiger partial charge in [0.15, 0.2) is 0 Å². The van der Waals surface area contributed by atoms with Gasteiger partial charge in [0.1, 0.15) is 16.8 Å². The van der Waals surface area contributed by atoms with Crippen LogP contribution in [0.15, 0.2) is 0 Å². The zero-order valence-corrected chi connectivity index (χ0v) is 12.1. The fraction of sp³-hybridized carbons (Fsp3) is 0.667. The monoisotopic (exact) mass is 271 g/mol. The van der Waals surface area contributed by atoms with E-state index in [2.05, 4.69) is 28.7 Å². The number of hydrogen-bond donors (Lipinski definition) is 0. The Hall–Kier alpha value is -0.480. The number of aromatic nitrogens is 2. The average Bonchev–Trinajstić information content (AvgIpc) is 2.33. The van der Waals surface area contributed by atoms with Crippen molar-refractivity contribution >= 4 is 29.2 Å². The lowest BCUT2D eigenvalue weighted by Gasteiger charge is -2.35. The van der Waals surface area contributed by atoms with Crippen LogP contribution in [0.2, 0.25) is 5.15 Å². The first-order valence-electron chi connectivity index (χ1n) is 6.01. The van der Waals surface area contributed by atoms with Crippen molar-refractivity contribution in [1.82, 2.24) is 9.97 Å². The van der Waals surface area contributed by atoms with Gasteiger partial charge in [-0.2, -0.15) is 11.8 Å². The minimum atomic E-state index is 0.517. The van der Waals surface area contributed by atoms with E-state index in [9.17, 15) is 0 Å². The third-order valence-corrected chi connectivity index (χ3v) is 4.62. The van der Waals surface area contributed by atoms with E-state index in [1.165, 1.54) is 0 Å². The Morgan fingerprint density at radius 2 is 2.24 bits per heavy atom. The maximum Gasteiger partial charge on any atom is 0.137 e. The molecule has 0 N–H and O–H groups in total. The van der Waals surface area contributed by atoms with Crippen molar-refractivity contribution in [2.24, 2.45) is 0 Å². The topological polar surface area (TPSA) is 29.0 Å². The van der Waals surface area contributed by atoms with Crippen molar-refractivity contribution in [3.63, 3.8) is 0 Å². The average molecular weight is 272 g/mol. The number of thioether (sulfide) groups is 1. The summed E-state index contributed by atoms with van der Waals surface area (Å²) >= 11 is 8.19. The van der Waals surface area contributed by atoms with Gasteiger partial charge in [0.05, 0.1) is 0 Å². The summed E-state index contributed by atoms with van der Waals surface area (Å²) in [6.07, 6.45) is 0.823. The Kier molecular flexibility index (Phi) is 4.15. The lowest BCUT2D eigenvalue weighted by Crippen LogP contribution is -2.41. The van der Waals surface area contributed by atoms with Gasteiger partial charge in [-0.15, -0.1) is 0 Å². The first kappa shape index (κ1) is 13.0. The number of nitrogens with zero attached hydrogens (tertiary/aromatic N) is 3. The van der Waals surface area contributed by atoms with Gasteiger partial charge in [-0.1, -0.05) is 18.5 Å². The van der Waals surface area contributed by atoms with Crippen LogP contribution < -0.4 is 4.90 Å². The summed E-state index contributed by atoms with van der Waals surface area (Å²) in [7, 11) is 0. The van der Waals surface area contributed by atoms with Crippen LogP contribution in [-0.4, -0.2) is 34.1 Å². The lowest BCUT2D eigenvalue weighted by molar-refractivity contribution is 0.681. The van der Waals surface area contributed by atoms with Crippen molar-refractivity contribution in [3.8, 4) is 0 Å². The van der Waals surface area contributed by atoms with Gasteiger partial charge in [0, 0.05) is 36.1 Å². The molecule has 1 aliphatic heterocycles. The van der Waals surface area contributed by atoms with E-state index in [-0.39, 0.29) is 0 Å². The molecular weight excluding hydrogens is 254 g/mol. The number of anilines is 1. The largest absolute Gasteiger partial charge is 0.352 e. The van der Waals surface area contributed by atoms with Gasteiger partial charge < -0.3 is 4.90 Å². The predicted octanol–water partition coefficient (Wildman–Crippen LogP) is 2.94. The van der Waals surface area contributed by atoms with Crippen LogP contribution >= 0.6 is 23.4 Å². The molecule has 2 rings (SSSR count). The van der Waals surface area contributed by atoms with Crippen LogP contribution in [0.4, 0.5) is 5.82 Å². The van der Waals surface area contributed by atoms with Crippen LogP contribution in [0.1, 0.15) is 25.2 Å². The van der Waals surface area contributed by atoms with Crippen LogP contribution in [-0.2, 0) is 6.42 Å². The zero-order valence-electron chi connectivity index (χ0n) is 10.5. The van der Waals surface area contributed by atoms with Gasteiger partial charge >= 0.3 is 0 Å². The smallest absolute Gasteiger partial charge is 0.137 e. The Labute approximate surface area is 112 Å². The summed E-state index contributed by atoms with van der Waals surface area (Å²) < 4.78 is 0. The SMILES string of the molecule is CCc1nc(Cl)c(C)c(N2CCSCC2C)n1. The molecule has 1 fully saturated rings. The second kappa shape index (κ2) is 5.44. The summed E-state index contributed by atoms with van der Waals surface area (Å²) in [6, 6.07) is 0.517. The quantitative estimate of drug-likeness (QED) is 0.774. The first-order chi connectivity index (χ1) is 8.13. The summed E-state index contributed by atoms with van der Waals surface area (Å²) in [5.41, 5.74) is 1.00. The molecule has 0 bridgehead atoms. The molecule has 0 amide bonds. The molecule has 17 heavy (non-hydrogen) atoms. The third-order valence-electron chi connectivity index (χ3n) is 3.06. The van der Waals surface area contributed by atoms with Gasteiger partial charge in [-0.05, 0) is 13.8 Å². The Morgan fingerprint density at radius 1 is 1.47 bits per heavy atom. The summed E-state index contributed by atoms with van der Waals surface area (Å²) in [5, 5.41) is 0.595. The maximum absolute atomic E-state index is 6.18. The molecule has 0 aliphatic carbocycles. The molecule has 0 spiro atoms. The van der Waals surface area contributed by atoms with Gasteiger partial charge in [-0.25, -0.2) is 9.97 Å². The number of hydrogen-bond acceptors (Lipinski definition) is 4. The lowest BCUT2D eigenvalue weighted by atomic mass is 10.2. The van der Waals surface area contributed by atoms with Crippen LogP contribution in [0.3, 0.4) is 0 Å². The van der Waals surface area contributed by atoms with E-state index in [1.807, 2.05) is 18.7 Å². The number of rotatable bonds is 2. The molecule has 1 saturated heterocycles. The summed E-state index contributed by atoms with van der Waals surface area (Å²) in [6.45, 7) is 7.35. The van der Waals surface area contributed by atoms with Crippen molar-refractivity contribution in [3.05, 3.63) is 16.5 Å². The highest BCUT2D eigenvalue weighted by Crippen LogP contribution is 2.28. The molecule has 3 nitrogen and oxygen atoms in total. The Morgan fingerprint density at radius 3 is 2.88 bits per heavy atom. The van der Waals surface area contributed by atoms with E-state index < -0.39 is 0 Å². The van der Waals surface area contributed by atoms with Gasteiger partial charge in [0.25, 0.3) is 0 Å². The highest BCUT2D eigenvalue weighted by Gasteiger charge is 2.23. The fourth-order valence-electron chi connectivity index (χ4n) is 2.00. The normalized spacial score (nSPS) is 20.7. The van der Waals surface area contributed by atoms with Crippen molar-refractivity contribution in [1.29, 1.82) is 0 Å². The molecule has 94 valence electrons. The first-order valence-corrected chi connectivity index (χ1v) is 7.54. The molecule has 0 aromatic carbocycles. The van der Waals surface area contributed by atoms with E-state index in [1.54, 1.807) is 0 Å². The molecule has 1 atom stereocenters. The number of aryl methyl sites for hydroxylation is 1. The predicted molar refractivity (Wildman–Crippen MR) is 75.3 cm³/mol. The summed E-state index contributed by atoms with van der Waals surface area (Å²) in [4.78, 5) is 11.3. The van der Waals surface area contributed by atoms with Crippen molar-refractivity contribution in [2.45, 2.75) is 33.2 Å². The fourth-order valence-corrected chi connectivity index (χ4v) is 3.20. The molecule has 0 saturated carbocycles. The molecule has 1 aromatic heterocycles. The Bertz CT molecular complexity index is 411. The molecule has 5 heteroatoms. The van der Waals surface area contributed by atoms with Gasteiger partial charge in [0.2, 0.25) is 0 Å². The molecule has 0 radical (unpaired) electrons.